The summed E-state index contributed by atoms with van der Waals surface area (Å²) >= 11 is 1.52. The molecule has 3 aromatic rings. The topological polar surface area (TPSA) is 102 Å². The highest BCUT2D eigenvalue weighted by Gasteiger charge is 2.09. The Labute approximate surface area is 155 Å². The normalized spacial score (nSPS) is 11.3. The van der Waals surface area contributed by atoms with Gasteiger partial charge >= 0.3 is 0 Å². The van der Waals surface area contributed by atoms with Crippen LogP contribution in [0.5, 0.6) is 0 Å². The van der Waals surface area contributed by atoms with Crippen LogP contribution in [0.2, 0.25) is 0 Å². The highest BCUT2D eigenvalue weighted by molar-refractivity contribution is 7.89. The number of carbonyl (C=O) groups is 1. The fraction of sp³-hybridized carbons (Fsp3) is 0.111. The summed E-state index contributed by atoms with van der Waals surface area (Å²) < 4.78 is 22.5. The molecule has 0 radical (unpaired) electrons. The van der Waals surface area contributed by atoms with Gasteiger partial charge in [-0.15, -0.1) is 11.3 Å². The summed E-state index contributed by atoms with van der Waals surface area (Å²) in [5.41, 5.74) is 2.39. The minimum Gasteiger partial charge on any atom is -0.352 e. The van der Waals surface area contributed by atoms with E-state index in [2.05, 4.69) is 10.3 Å². The molecule has 2 aromatic carbocycles. The van der Waals surface area contributed by atoms with Gasteiger partial charge in [-0.3, -0.25) is 4.79 Å². The highest BCUT2D eigenvalue weighted by Crippen LogP contribution is 2.22. The lowest BCUT2D eigenvalue weighted by atomic mass is 10.1. The van der Waals surface area contributed by atoms with E-state index in [1.165, 1.54) is 23.5 Å². The van der Waals surface area contributed by atoms with Gasteiger partial charge in [-0.1, -0.05) is 24.3 Å². The summed E-state index contributed by atoms with van der Waals surface area (Å²) in [5, 5.41) is 10.7. The highest BCUT2D eigenvalue weighted by atomic mass is 32.2. The van der Waals surface area contributed by atoms with Crippen molar-refractivity contribution in [3.8, 4) is 10.6 Å². The Morgan fingerprint density at radius 3 is 2.58 bits per heavy atom. The van der Waals surface area contributed by atoms with Crippen LogP contribution in [0.3, 0.4) is 0 Å². The van der Waals surface area contributed by atoms with E-state index in [0.717, 1.165) is 16.1 Å². The number of nitrogens with zero attached hydrogens (tertiary/aromatic N) is 1. The van der Waals surface area contributed by atoms with Crippen molar-refractivity contribution in [2.24, 2.45) is 5.14 Å². The second-order valence-electron chi connectivity index (χ2n) is 5.61. The number of nitrogens with one attached hydrogen (secondary N) is 1. The lowest BCUT2D eigenvalue weighted by Gasteiger charge is -2.07. The van der Waals surface area contributed by atoms with Crippen LogP contribution in [-0.2, 0) is 16.4 Å². The van der Waals surface area contributed by atoms with Gasteiger partial charge in [0.05, 0.1) is 4.90 Å². The molecule has 0 spiro atoms. The lowest BCUT2D eigenvalue weighted by molar-refractivity contribution is 0.0954. The number of sulfonamides is 1. The number of primary sulfonamides is 1. The summed E-state index contributed by atoms with van der Waals surface area (Å²) in [6.45, 7) is 0.440. The number of carbonyl (C=O) groups excluding carboxylic acids is 1. The van der Waals surface area contributed by atoms with Crippen LogP contribution in [-0.4, -0.2) is 25.9 Å². The molecule has 0 aliphatic rings. The third kappa shape index (κ3) is 4.54. The fourth-order valence-corrected chi connectivity index (χ4v) is 3.58. The molecule has 0 fully saturated rings. The van der Waals surface area contributed by atoms with Gasteiger partial charge in [-0.05, 0) is 36.2 Å². The fourth-order valence-electron chi connectivity index (χ4n) is 2.43. The number of hydrogen-bond donors (Lipinski definition) is 2. The van der Waals surface area contributed by atoms with E-state index in [1.54, 1.807) is 24.4 Å². The molecule has 0 atom stereocenters. The van der Waals surface area contributed by atoms with Crippen molar-refractivity contribution >= 4 is 27.3 Å². The second-order valence-corrected chi connectivity index (χ2v) is 8.07. The molecule has 1 amide bonds. The first-order valence-electron chi connectivity index (χ1n) is 7.83. The van der Waals surface area contributed by atoms with E-state index in [1.807, 2.05) is 23.6 Å². The number of rotatable bonds is 6. The first-order valence-corrected chi connectivity index (χ1v) is 10.3. The first kappa shape index (κ1) is 18.2. The molecule has 0 saturated carbocycles. The minimum absolute atomic E-state index is 0.0734. The second kappa shape index (κ2) is 7.77. The number of hydrogen-bond acceptors (Lipinski definition) is 5. The third-order valence-corrected chi connectivity index (χ3v) is 5.51. The van der Waals surface area contributed by atoms with Crippen molar-refractivity contribution in [3.05, 3.63) is 71.2 Å². The average molecular weight is 387 g/mol. The smallest absolute Gasteiger partial charge is 0.251 e. The van der Waals surface area contributed by atoms with Gasteiger partial charge in [0.15, 0.2) is 0 Å². The van der Waals surface area contributed by atoms with Crippen molar-refractivity contribution in [1.82, 2.24) is 10.3 Å². The zero-order valence-corrected chi connectivity index (χ0v) is 15.4. The maximum absolute atomic E-state index is 12.3. The summed E-state index contributed by atoms with van der Waals surface area (Å²) in [6.07, 6.45) is 2.32. The van der Waals surface area contributed by atoms with Crippen molar-refractivity contribution < 1.29 is 13.2 Å². The minimum atomic E-state index is -3.69. The van der Waals surface area contributed by atoms with Crippen molar-refractivity contribution in [3.63, 3.8) is 0 Å². The molecule has 134 valence electrons. The molecule has 1 heterocycles. The molecule has 0 unspecified atom stereocenters. The van der Waals surface area contributed by atoms with E-state index in [9.17, 15) is 13.2 Å². The van der Waals surface area contributed by atoms with Gasteiger partial charge in [-0.2, -0.15) is 0 Å². The van der Waals surface area contributed by atoms with Gasteiger partial charge in [0, 0.05) is 29.2 Å². The molecular formula is C18H17N3O3S2. The van der Waals surface area contributed by atoms with Crippen LogP contribution in [0.25, 0.3) is 10.6 Å². The molecule has 0 saturated heterocycles. The molecule has 26 heavy (non-hydrogen) atoms. The predicted octanol–water partition coefficient (Wildman–Crippen LogP) is 2.43. The Bertz CT molecular complexity index is 998. The first-order chi connectivity index (χ1) is 12.4. The van der Waals surface area contributed by atoms with Gasteiger partial charge in [0.1, 0.15) is 5.01 Å². The molecule has 3 rings (SSSR count). The number of amides is 1. The monoisotopic (exact) mass is 387 g/mol. The summed E-state index contributed by atoms with van der Waals surface area (Å²) in [6, 6.07) is 13.6. The van der Waals surface area contributed by atoms with Gasteiger partial charge < -0.3 is 5.32 Å². The molecular weight excluding hydrogens is 370 g/mol. The van der Waals surface area contributed by atoms with E-state index in [-0.39, 0.29) is 10.8 Å². The van der Waals surface area contributed by atoms with Crippen molar-refractivity contribution in [2.45, 2.75) is 11.3 Å². The maximum atomic E-state index is 12.3. The molecule has 0 aliphatic carbocycles. The van der Waals surface area contributed by atoms with Gasteiger partial charge in [0.2, 0.25) is 10.0 Å². The number of aromatic nitrogens is 1. The standard InChI is InChI=1S/C18H17N3O3S2/c19-26(23,24)16-6-4-13(5-7-16)8-9-20-17(22)14-2-1-3-15(12-14)18-21-10-11-25-18/h1-7,10-12H,8-9H2,(H,20,22)(H2,19,23,24). The molecule has 0 bridgehead atoms. The van der Waals surface area contributed by atoms with Crippen LogP contribution < -0.4 is 10.5 Å². The Balaban J connectivity index is 1.58. The van der Waals surface area contributed by atoms with Gasteiger partial charge in [-0.25, -0.2) is 18.5 Å². The lowest BCUT2D eigenvalue weighted by Crippen LogP contribution is -2.25. The number of benzene rings is 2. The van der Waals surface area contributed by atoms with Crippen molar-refractivity contribution in [2.75, 3.05) is 6.54 Å². The van der Waals surface area contributed by atoms with E-state index < -0.39 is 10.0 Å². The van der Waals surface area contributed by atoms with E-state index >= 15 is 0 Å². The van der Waals surface area contributed by atoms with Crippen molar-refractivity contribution in [1.29, 1.82) is 0 Å². The van der Waals surface area contributed by atoms with Crippen LogP contribution in [0, 0.1) is 0 Å². The summed E-state index contributed by atoms with van der Waals surface area (Å²) in [4.78, 5) is 16.6. The molecule has 1 aromatic heterocycles. The zero-order valence-electron chi connectivity index (χ0n) is 13.8. The zero-order chi connectivity index (χ0) is 18.6. The van der Waals surface area contributed by atoms with Crippen LogP contribution in [0.15, 0.2) is 65.0 Å². The Morgan fingerprint density at radius 2 is 1.92 bits per heavy atom. The molecule has 0 aliphatic heterocycles. The Kier molecular flexibility index (Phi) is 5.46. The maximum Gasteiger partial charge on any atom is 0.251 e. The summed E-state index contributed by atoms with van der Waals surface area (Å²) in [7, 11) is -3.69. The average Bonchev–Trinajstić information content (AvgIpc) is 3.16. The molecule has 8 heteroatoms. The number of nitrogens with two attached hydrogens (primary N) is 1. The van der Waals surface area contributed by atoms with Crippen LogP contribution in [0.1, 0.15) is 15.9 Å². The predicted molar refractivity (Wildman–Crippen MR) is 101 cm³/mol. The third-order valence-electron chi connectivity index (χ3n) is 3.76. The SMILES string of the molecule is NS(=O)(=O)c1ccc(CCNC(=O)c2cccc(-c3nccs3)c2)cc1. The van der Waals surface area contributed by atoms with E-state index in [0.29, 0.717) is 18.5 Å². The van der Waals surface area contributed by atoms with Crippen LogP contribution in [0.4, 0.5) is 0 Å². The number of thiazole rings is 1. The summed E-state index contributed by atoms with van der Waals surface area (Å²) in [5.74, 6) is -0.162. The Hall–Kier alpha value is -2.55. The Morgan fingerprint density at radius 1 is 1.15 bits per heavy atom. The quantitative estimate of drug-likeness (QED) is 0.678. The molecule has 6 nitrogen and oxygen atoms in total. The van der Waals surface area contributed by atoms with E-state index in [4.69, 9.17) is 5.14 Å². The molecule has 3 N–H and O–H groups in total. The van der Waals surface area contributed by atoms with Crippen LogP contribution >= 0.6 is 11.3 Å². The van der Waals surface area contributed by atoms with Gasteiger partial charge in [0.25, 0.3) is 5.91 Å². The largest absolute Gasteiger partial charge is 0.352 e.